The lowest BCUT2D eigenvalue weighted by Crippen LogP contribution is -2.32. The van der Waals surface area contributed by atoms with E-state index in [1.54, 1.807) is 49.6 Å². The Morgan fingerprint density at radius 1 is 0.969 bits per heavy atom. The number of carbonyl (C=O) groups is 1. The van der Waals surface area contributed by atoms with Gasteiger partial charge in [0, 0.05) is 16.8 Å². The normalized spacial score (nSPS) is 12.0. The molecule has 0 unspecified atom stereocenters. The van der Waals surface area contributed by atoms with Crippen molar-refractivity contribution in [3.05, 3.63) is 77.8 Å². The average Bonchev–Trinajstić information content (AvgIpc) is 2.77. The number of amides is 1. The fourth-order valence-electron chi connectivity index (χ4n) is 2.87. The first kappa shape index (κ1) is 23.4. The molecule has 9 heteroatoms. The first-order valence-electron chi connectivity index (χ1n) is 9.81. The molecule has 0 aromatic heterocycles. The molecule has 0 spiro atoms. The highest BCUT2D eigenvalue weighted by Gasteiger charge is 2.20. The van der Waals surface area contributed by atoms with Crippen molar-refractivity contribution in [3.63, 3.8) is 0 Å². The van der Waals surface area contributed by atoms with Crippen molar-refractivity contribution in [2.24, 2.45) is 0 Å². The van der Waals surface area contributed by atoms with Gasteiger partial charge in [-0.05, 0) is 61.0 Å². The molecule has 0 saturated carbocycles. The number of hydrogen-bond acceptors (Lipinski definition) is 5. The number of methoxy groups -OCH3 is 1. The maximum atomic E-state index is 12.6. The van der Waals surface area contributed by atoms with E-state index in [1.807, 2.05) is 6.92 Å². The van der Waals surface area contributed by atoms with E-state index in [0.717, 1.165) is 0 Å². The Morgan fingerprint density at radius 3 is 2.31 bits per heavy atom. The summed E-state index contributed by atoms with van der Waals surface area (Å²) in [7, 11) is -2.25. The summed E-state index contributed by atoms with van der Waals surface area (Å²) >= 11 is 5.90. The van der Waals surface area contributed by atoms with Crippen LogP contribution in [0, 0.1) is 0 Å². The second-order valence-electron chi connectivity index (χ2n) is 6.82. The van der Waals surface area contributed by atoms with Crippen LogP contribution in [0.4, 0.5) is 11.4 Å². The van der Waals surface area contributed by atoms with Crippen LogP contribution in [0.2, 0.25) is 5.02 Å². The van der Waals surface area contributed by atoms with Gasteiger partial charge >= 0.3 is 0 Å². The fourth-order valence-corrected chi connectivity index (χ4v) is 4.11. The minimum atomic E-state index is -3.80. The lowest BCUT2D eigenvalue weighted by molar-refractivity contribution is -0.122. The molecular weight excluding hydrogens is 452 g/mol. The molecule has 0 heterocycles. The molecule has 3 rings (SSSR count). The zero-order chi connectivity index (χ0) is 23.1. The lowest BCUT2D eigenvalue weighted by atomic mass is 10.2. The van der Waals surface area contributed by atoms with E-state index in [-0.39, 0.29) is 10.8 Å². The summed E-state index contributed by atoms with van der Waals surface area (Å²) in [6.07, 6.45) is -0.283. The summed E-state index contributed by atoms with van der Waals surface area (Å²) in [5.41, 5.74) is 0.805. The van der Waals surface area contributed by atoms with Gasteiger partial charge in [0.25, 0.3) is 15.9 Å². The first-order valence-corrected chi connectivity index (χ1v) is 11.7. The van der Waals surface area contributed by atoms with Crippen molar-refractivity contribution in [1.29, 1.82) is 0 Å². The molecule has 0 aliphatic carbocycles. The average molecular weight is 475 g/mol. The van der Waals surface area contributed by atoms with E-state index in [2.05, 4.69) is 10.0 Å². The van der Waals surface area contributed by atoms with Crippen molar-refractivity contribution in [1.82, 2.24) is 0 Å². The minimum absolute atomic E-state index is 0.0511. The molecule has 0 radical (unpaired) electrons. The number of sulfonamides is 1. The van der Waals surface area contributed by atoms with E-state index in [4.69, 9.17) is 21.1 Å². The Kier molecular flexibility index (Phi) is 7.61. The summed E-state index contributed by atoms with van der Waals surface area (Å²) in [6, 6.07) is 19.3. The molecular formula is C23H23ClN2O5S. The lowest BCUT2D eigenvalue weighted by Gasteiger charge is -2.18. The van der Waals surface area contributed by atoms with Gasteiger partial charge in [0.1, 0.15) is 11.5 Å². The monoisotopic (exact) mass is 474 g/mol. The van der Waals surface area contributed by atoms with Crippen LogP contribution in [-0.2, 0) is 14.8 Å². The Morgan fingerprint density at radius 2 is 1.66 bits per heavy atom. The van der Waals surface area contributed by atoms with Crippen LogP contribution in [0.3, 0.4) is 0 Å². The Balaban J connectivity index is 1.66. The number of rotatable bonds is 9. The van der Waals surface area contributed by atoms with Gasteiger partial charge in [-0.1, -0.05) is 30.7 Å². The van der Waals surface area contributed by atoms with Crippen LogP contribution in [-0.4, -0.2) is 27.5 Å². The summed E-state index contributed by atoms with van der Waals surface area (Å²) in [6.45, 7) is 1.83. The van der Waals surface area contributed by atoms with Crippen molar-refractivity contribution >= 4 is 38.9 Å². The van der Waals surface area contributed by atoms with E-state index in [9.17, 15) is 13.2 Å². The Hall–Kier alpha value is -3.23. The quantitative estimate of drug-likeness (QED) is 0.458. The molecule has 168 valence electrons. The van der Waals surface area contributed by atoms with Gasteiger partial charge in [-0.15, -0.1) is 0 Å². The van der Waals surface area contributed by atoms with Crippen LogP contribution < -0.4 is 19.5 Å². The topological polar surface area (TPSA) is 93.7 Å². The first-order chi connectivity index (χ1) is 15.3. The second kappa shape index (κ2) is 10.4. The SMILES string of the molecule is CC[C@H](Oc1cccc(OC)c1)C(=O)Nc1ccc(S(=O)(=O)Nc2cccc(Cl)c2)cc1. The predicted molar refractivity (Wildman–Crippen MR) is 125 cm³/mol. The van der Waals surface area contributed by atoms with Crippen molar-refractivity contribution < 1.29 is 22.7 Å². The van der Waals surface area contributed by atoms with Gasteiger partial charge in [-0.25, -0.2) is 8.42 Å². The van der Waals surface area contributed by atoms with Gasteiger partial charge in [0.15, 0.2) is 6.10 Å². The third kappa shape index (κ3) is 6.15. The fraction of sp³-hybridized carbons (Fsp3) is 0.174. The largest absolute Gasteiger partial charge is 0.497 e. The highest BCUT2D eigenvalue weighted by molar-refractivity contribution is 7.92. The molecule has 0 bridgehead atoms. The van der Waals surface area contributed by atoms with Gasteiger partial charge in [0.2, 0.25) is 0 Å². The van der Waals surface area contributed by atoms with Crippen LogP contribution in [0.1, 0.15) is 13.3 Å². The molecule has 1 atom stereocenters. The third-order valence-corrected chi connectivity index (χ3v) is 6.12. The van der Waals surface area contributed by atoms with E-state index < -0.39 is 16.1 Å². The van der Waals surface area contributed by atoms with Crippen LogP contribution in [0.5, 0.6) is 11.5 Å². The summed E-state index contributed by atoms with van der Waals surface area (Å²) < 4.78 is 38.6. The van der Waals surface area contributed by atoms with Gasteiger partial charge in [-0.2, -0.15) is 0 Å². The predicted octanol–water partition coefficient (Wildman–Crippen LogP) is 4.95. The minimum Gasteiger partial charge on any atom is -0.497 e. The standard InChI is InChI=1S/C23H23ClN2O5S/c1-3-22(31-20-9-5-8-19(15-20)30-2)23(27)25-17-10-12-21(13-11-17)32(28,29)26-18-7-4-6-16(24)14-18/h4-15,22,26H,3H2,1-2H3,(H,25,27)/t22-/m0/s1. The zero-order valence-electron chi connectivity index (χ0n) is 17.5. The Bertz CT molecular complexity index is 1180. The number of anilines is 2. The number of ether oxygens (including phenoxy) is 2. The molecule has 2 N–H and O–H groups in total. The highest BCUT2D eigenvalue weighted by Crippen LogP contribution is 2.23. The molecule has 3 aromatic rings. The van der Waals surface area contributed by atoms with Gasteiger partial charge < -0.3 is 14.8 Å². The number of benzene rings is 3. The smallest absolute Gasteiger partial charge is 0.265 e. The number of hydrogen-bond donors (Lipinski definition) is 2. The number of halogens is 1. The van der Waals surface area contributed by atoms with Crippen LogP contribution >= 0.6 is 11.6 Å². The molecule has 32 heavy (non-hydrogen) atoms. The van der Waals surface area contributed by atoms with E-state index in [0.29, 0.717) is 34.3 Å². The second-order valence-corrected chi connectivity index (χ2v) is 8.94. The Labute approximate surface area is 192 Å². The summed E-state index contributed by atoms with van der Waals surface area (Å²) in [5, 5.41) is 3.17. The van der Waals surface area contributed by atoms with Crippen molar-refractivity contribution in [2.45, 2.75) is 24.3 Å². The molecule has 3 aromatic carbocycles. The molecule has 0 aliphatic rings. The van der Waals surface area contributed by atoms with Crippen LogP contribution in [0.25, 0.3) is 0 Å². The van der Waals surface area contributed by atoms with E-state index in [1.165, 1.54) is 30.3 Å². The highest BCUT2D eigenvalue weighted by atomic mass is 35.5. The molecule has 0 saturated heterocycles. The summed E-state index contributed by atoms with van der Waals surface area (Å²) in [4.78, 5) is 12.7. The molecule has 0 aliphatic heterocycles. The molecule has 1 amide bonds. The number of nitrogens with one attached hydrogen (secondary N) is 2. The molecule has 7 nitrogen and oxygen atoms in total. The van der Waals surface area contributed by atoms with Crippen molar-refractivity contribution in [2.75, 3.05) is 17.1 Å². The molecule has 0 fully saturated rings. The van der Waals surface area contributed by atoms with Crippen molar-refractivity contribution in [3.8, 4) is 11.5 Å². The maximum Gasteiger partial charge on any atom is 0.265 e. The van der Waals surface area contributed by atoms with Gasteiger partial charge in [0.05, 0.1) is 17.7 Å². The third-order valence-electron chi connectivity index (χ3n) is 4.49. The van der Waals surface area contributed by atoms with Gasteiger partial charge in [-0.3, -0.25) is 9.52 Å². The number of carbonyl (C=O) groups excluding carboxylic acids is 1. The maximum absolute atomic E-state index is 12.6. The zero-order valence-corrected chi connectivity index (χ0v) is 19.1. The van der Waals surface area contributed by atoms with Crippen LogP contribution in [0.15, 0.2) is 77.7 Å². The van der Waals surface area contributed by atoms with E-state index >= 15 is 0 Å². The summed E-state index contributed by atoms with van der Waals surface area (Å²) in [5.74, 6) is 0.795.